The van der Waals surface area contributed by atoms with Crippen molar-refractivity contribution < 1.29 is 18.7 Å². The first kappa shape index (κ1) is 21.5. The van der Waals surface area contributed by atoms with E-state index < -0.39 is 0 Å². The van der Waals surface area contributed by atoms with Gasteiger partial charge in [-0.25, -0.2) is 0 Å². The molecule has 0 spiro atoms. The first-order valence-corrected chi connectivity index (χ1v) is 11.0. The van der Waals surface area contributed by atoms with Gasteiger partial charge in [-0.2, -0.15) is 0 Å². The number of furan rings is 1. The Labute approximate surface area is 194 Å². The summed E-state index contributed by atoms with van der Waals surface area (Å²) in [4.78, 5) is 14.9. The lowest BCUT2D eigenvalue weighted by atomic mass is 10.1. The monoisotopic (exact) mass is 471 g/mol. The van der Waals surface area contributed by atoms with Crippen molar-refractivity contribution in [1.29, 1.82) is 0 Å². The van der Waals surface area contributed by atoms with Crippen LogP contribution in [0.15, 0.2) is 70.2 Å². The summed E-state index contributed by atoms with van der Waals surface area (Å²) in [5, 5.41) is 0.648. The van der Waals surface area contributed by atoms with Crippen molar-refractivity contribution in [2.24, 2.45) is 0 Å². The van der Waals surface area contributed by atoms with E-state index in [4.69, 9.17) is 37.7 Å². The Kier molecular flexibility index (Phi) is 6.65. The average Bonchev–Trinajstić information content (AvgIpc) is 3.38. The molecule has 0 radical (unpaired) electrons. The predicted molar refractivity (Wildman–Crippen MR) is 126 cm³/mol. The molecule has 1 aliphatic heterocycles. The highest BCUT2D eigenvalue weighted by Gasteiger charge is 2.32. The van der Waals surface area contributed by atoms with Crippen molar-refractivity contribution >= 4 is 51.9 Å². The molecular weight excluding hydrogens is 454 g/mol. The molecular formula is C23H18ClNO4S2. The highest BCUT2D eigenvalue weighted by molar-refractivity contribution is 8.26. The molecule has 8 heteroatoms. The van der Waals surface area contributed by atoms with E-state index in [0.29, 0.717) is 44.7 Å². The predicted octanol–water partition coefficient (Wildman–Crippen LogP) is 5.92. The summed E-state index contributed by atoms with van der Waals surface area (Å²) in [6.07, 6.45) is 3.37. The van der Waals surface area contributed by atoms with Crippen LogP contribution >= 0.6 is 35.6 Å². The summed E-state index contributed by atoms with van der Waals surface area (Å²) >= 11 is 12.8. The number of hydrogen-bond acceptors (Lipinski definition) is 6. The van der Waals surface area contributed by atoms with E-state index in [-0.39, 0.29) is 5.91 Å². The Morgan fingerprint density at radius 3 is 2.74 bits per heavy atom. The zero-order chi connectivity index (χ0) is 21.8. The number of halogens is 1. The third-order valence-corrected chi connectivity index (χ3v) is 6.34. The highest BCUT2D eigenvalue weighted by Crippen LogP contribution is 2.36. The van der Waals surface area contributed by atoms with Crippen LogP contribution in [0.4, 0.5) is 0 Å². The van der Waals surface area contributed by atoms with Gasteiger partial charge in [0, 0.05) is 10.6 Å². The van der Waals surface area contributed by atoms with Crippen molar-refractivity contribution in [3.63, 3.8) is 0 Å². The Bertz CT molecular complexity index is 1140. The fourth-order valence-corrected chi connectivity index (χ4v) is 4.46. The SMILES string of the molecule is COc1cc(/C=C2\SC(=S)N(Cc3ccco3)C2=O)ccc1OCc1ccccc1Cl. The number of carbonyl (C=O) groups excluding carboxylic acids is 1. The first-order chi connectivity index (χ1) is 15.0. The van der Waals surface area contributed by atoms with Crippen molar-refractivity contribution in [3.8, 4) is 11.5 Å². The number of hydrogen-bond donors (Lipinski definition) is 0. The second kappa shape index (κ2) is 9.60. The summed E-state index contributed by atoms with van der Waals surface area (Å²) in [6, 6.07) is 16.6. The first-order valence-electron chi connectivity index (χ1n) is 9.37. The minimum atomic E-state index is -0.149. The summed E-state index contributed by atoms with van der Waals surface area (Å²) in [6.45, 7) is 0.633. The molecule has 158 valence electrons. The smallest absolute Gasteiger partial charge is 0.266 e. The third kappa shape index (κ3) is 4.95. The number of nitrogens with zero attached hydrogens (tertiary/aromatic N) is 1. The van der Waals surface area contributed by atoms with Crippen molar-refractivity contribution in [2.45, 2.75) is 13.2 Å². The molecule has 31 heavy (non-hydrogen) atoms. The zero-order valence-corrected chi connectivity index (χ0v) is 18.9. The van der Waals surface area contributed by atoms with Crippen LogP contribution in [0, 0.1) is 0 Å². The van der Waals surface area contributed by atoms with E-state index in [9.17, 15) is 4.79 Å². The van der Waals surface area contributed by atoms with E-state index in [1.807, 2.05) is 48.5 Å². The zero-order valence-electron chi connectivity index (χ0n) is 16.5. The second-order valence-electron chi connectivity index (χ2n) is 6.64. The van der Waals surface area contributed by atoms with Gasteiger partial charge in [-0.3, -0.25) is 9.69 Å². The van der Waals surface area contributed by atoms with Gasteiger partial charge in [0.1, 0.15) is 16.7 Å². The number of carbonyl (C=O) groups is 1. The molecule has 1 aliphatic rings. The van der Waals surface area contributed by atoms with Gasteiger partial charge in [0.15, 0.2) is 11.5 Å². The average molecular weight is 472 g/mol. The molecule has 5 nitrogen and oxygen atoms in total. The molecule has 1 saturated heterocycles. The molecule has 0 N–H and O–H groups in total. The Morgan fingerprint density at radius 2 is 2.00 bits per heavy atom. The van der Waals surface area contributed by atoms with E-state index in [1.54, 1.807) is 25.5 Å². The number of rotatable bonds is 7. The van der Waals surface area contributed by atoms with Crippen molar-refractivity contribution in [2.75, 3.05) is 7.11 Å². The number of ether oxygens (including phenoxy) is 2. The summed E-state index contributed by atoms with van der Waals surface area (Å²) in [7, 11) is 1.57. The molecule has 2 heterocycles. The number of amides is 1. The van der Waals surface area contributed by atoms with E-state index in [0.717, 1.165) is 11.1 Å². The van der Waals surface area contributed by atoms with Gasteiger partial charge in [0.2, 0.25) is 0 Å². The van der Waals surface area contributed by atoms with Crippen LogP contribution in [0.2, 0.25) is 5.02 Å². The molecule has 1 amide bonds. The van der Waals surface area contributed by atoms with Crippen LogP contribution in [-0.4, -0.2) is 22.2 Å². The maximum Gasteiger partial charge on any atom is 0.266 e. The summed E-state index contributed by atoms with van der Waals surface area (Å²) < 4.78 is 17.2. The van der Waals surface area contributed by atoms with Gasteiger partial charge in [-0.15, -0.1) is 0 Å². The Morgan fingerprint density at radius 1 is 1.16 bits per heavy atom. The summed E-state index contributed by atoms with van der Waals surface area (Å²) in [5.74, 6) is 1.68. The lowest BCUT2D eigenvalue weighted by Gasteiger charge is -2.12. The fourth-order valence-electron chi connectivity index (χ4n) is 3.01. The molecule has 0 atom stereocenters. The number of benzene rings is 2. The Hall–Kier alpha value is -2.74. The molecule has 1 fully saturated rings. The van der Waals surface area contributed by atoms with Gasteiger partial charge in [0.05, 0.1) is 24.8 Å². The molecule has 0 unspecified atom stereocenters. The fraction of sp³-hybridized carbons (Fsp3) is 0.130. The lowest BCUT2D eigenvalue weighted by Crippen LogP contribution is -2.27. The van der Waals surface area contributed by atoms with Crippen molar-refractivity contribution in [3.05, 3.63) is 87.7 Å². The second-order valence-corrected chi connectivity index (χ2v) is 8.72. The van der Waals surface area contributed by atoms with Crippen LogP contribution < -0.4 is 9.47 Å². The molecule has 3 aromatic rings. The number of methoxy groups -OCH3 is 1. The molecule has 0 aliphatic carbocycles. The van der Waals surface area contributed by atoms with E-state index >= 15 is 0 Å². The van der Waals surface area contributed by atoms with Gasteiger partial charge < -0.3 is 13.9 Å². The summed E-state index contributed by atoms with van der Waals surface area (Å²) in [5.41, 5.74) is 1.69. The number of thioether (sulfide) groups is 1. The number of thiocarbonyl (C=S) groups is 1. The Balaban J connectivity index is 1.49. The highest BCUT2D eigenvalue weighted by atomic mass is 35.5. The molecule has 1 aromatic heterocycles. The largest absolute Gasteiger partial charge is 0.493 e. The molecule has 4 rings (SSSR count). The van der Waals surface area contributed by atoms with E-state index in [1.165, 1.54) is 16.7 Å². The standard InChI is InChI=1S/C23H18ClNO4S2/c1-27-20-11-15(8-9-19(20)29-14-16-5-2-3-7-18(16)24)12-21-22(26)25(23(30)31-21)13-17-6-4-10-28-17/h2-12H,13-14H2,1H3/b21-12-. The van der Waals surface area contributed by atoms with Crippen LogP contribution in [0.3, 0.4) is 0 Å². The van der Waals surface area contributed by atoms with Crippen LogP contribution in [0.5, 0.6) is 11.5 Å². The van der Waals surface area contributed by atoms with Gasteiger partial charge >= 0.3 is 0 Å². The molecule has 0 bridgehead atoms. The minimum absolute atomic E-state index is 0.149. The van der Waals surface area contributed by atoms with Gasteiger partial charge in [0.25, 0.3) is 5.91 Å². The van der Waals surface area contributed by atoms with Gasteiger partial charge in [-0.05, 0) is 42.0 Å². The van der Waals surface area contributed by atoms with Crippen LogP contribution in [-0.2, 0) is 17.9 Å². The van der Waals surface area contributed by atoms with Gasteiger partial charge in [-0.1, -0.05) is 59.8 Å². The lowest BCUT2D eigenvalue weighted by molar-refractivity contribution is -0.122. The molecule has 0 saturated carbocycles. The maximum absolute atomic E-state index is 12.8. The normalized spacial score (nSPS) is 15.0. The van der Waals surface area contributed by atoms with E-state index in [2.05, 4.69) is 0 Å². The van der Waals surface area contributed by atoms with Crippen LogP contribution in [0.1, 0.15) is 16.9 Å². The maximum atomic E-state index is 12.8. The quantitative estimate of drug-likeness (QED) is 0.315. The topological polar surface area (TPSA) is 51.9 Å². The minimum Gasteiger partial charge on any atom is -0.493 e. The third-order valence-electron chi connectivity index (χ3n) is 4.59. The molecule has 2 aromatic carbocycles. The van der Waals surface area contributed by atoms with Crippen molar-refractivity contribution in [1.82, 2.24) is 4.90 Å². The van der Waals surface area contributed by atoms with Crippen LogP contribution in [0.25, 0.3) is 6.08 Å².